The Kier molecular flexibility index (Phi) is 4.56. The first-order valence-corrected chi connectivity index (χ1v) is 10.1. The highest BCUT2D eigenvalue weighted by Crippen LogP contribution is 2.22. The fraction of sp³-hybridized carbons (Fsp3) is 0.600. The predicted octanol–water partition coefficient (Wildman–Crippen LogP) is 3.78. The quantitative estimate of drug-likeness (QED) is 0.734. The van der Waals surface area contributed by atoms with Crippen LogP contribution in [0.5, 0.6) is 0 Å². The molecule has 0 N–H and O–H groups in total. The van der Waals surface area contributed by atoms with E-state index < -0.39 is 8.07 Å². The maximum Gasteiger partial charge on any atom is 0.0487 e. The third kappa shape index (κ3) is 4.64. The van der Waals surface area contributed by atoms with Crippen LogP contribution in [-0.2, 0) is 12.6 Å². The lowest BCUT2D eigenvalue weighted by atomic mass is 9.99. The molecule has 0 saturated heterocycles. The summed E-state index contributed by atoms with van der Waals surface area (Å²) in [4.78, 5) is 2.27. The second kappa shape index (κ2) is 5.36. The van der Waals surface area contributed by atoms with Crippen LogP contribution in [0.2, 0.25) is 19.6 Å². The van der Waals surface area contributed by atoms with E-state index >= 15 is 0 Å². The van der Waals surface area contributed by atoms with Crippen LogP contribution in [0.25, 0.3) is 0 Å². The zero-order chi connectivity index (χ0) is 13.2. The monoisotopic (exact) mass is 249 g/mol. The Balaban J connectivity index is 3.15. The number of rotatable bonds is 4. The van der Waals surface area contributed by atoms with Gasteiger partial charge in [0.25, 0.3) is 0 Å². The van der Waals surface area contributed by atoms with E-state index in [0.717, 1.165) is 6.54 Å². The fourth-order valence-corrected chi connectivity index (χ4v) is 3.82. The summed E-state index contributed by atoms with van der Waals surface area (Å²) in [5.74, 6) is 0. The van der Waals surface area contributed by atoms with Gasteiger partial charge in [-0.15, -0.1) is 0 Å². The highest BCUT2D eigenvalue weighted by molar-refractivity contribution is 6.75. The van der Waals surface area contributed by atoms with E-state index in [0.29, 0.717) is 0 Å². The molecule has 0 saturated carbocycles. The second-order valence-electron chi connectivity index (χ2n) is 6.69. The summed E-state index contributed by atoms with van der Waals surface area (Å²) >= 11 is 0. The van der Waals surface area contributed by atoms with Gasteiger partial charge in [-0.05, 0) is 50.7 Å². The van der Waals surface area contributed by atoms with E-state index in [1.165, 1.54) is 17.2 Å². The zero-order valence-corrected chi connectivity index (χ0v) is 13.5. The molecule has 0 aromatic heterocycles. The summed E-state index contributed by atoms with van der Waals surface area (Å²) in [5.41, 5.74) is 5.98. The van der Waals surface area contributed by atoms with Crippen molar-refractivity contribution in [3.8, 4) is 0 Å². The molecule has 0 bridgehead atoms. The molecule has 0 fully saturated rings. The second-order valence-corrected chi connectivity index (χ2v) is 12.2. The SMILES string of the molecule is Cc1cc(C)c(CN(C)C)c(C[Si](C)(C)C)c1. The van der Waals surface area contributed by atoms with E-state index in [1.54, 1.807) is 11.1 Å². The lowest BCUT2D eigenvalue weighted by molar-refractivity contribution is 0.400. The topological polar surface area (TPSA) is 3.24 Å². The van der Waals surface area contributed by atoms with Gasteiger partial charge >= 0.3 is 0 Å². The van der Waals surface area contributed by atoms with E-state index in [4.69, 9.17) is 0 Å². The zero-order valence-electron chi connectivity index (χ0n) is 12.5. The third-order valence-electron chi connectivity index (χ3n) is 2.90. The van der Waals surface area contributed by atoms with Gasteiger partial charge < -0.3 is 4.90 Å². The normalized spacial score (nSPS) is 12.2. The Morgan fingerprint density at radius 1 is 1.06 bits per heavy atom. The van der Waals surface area contributed by atoms with Crippen LogP contribution in [0.1, 0.15) is 22.3 Å². The molecule has 0 unspecified atom stereocenters. The molecule has 96 valence electrons. The summed E-state index contributed by atoms with van der Waals surface area (Å²) in [6, 6.07) is 6.00. The maximum atomic E-state index is 2.45. The van der Waals surface area contributed by atoms with Gasteiger partial charge in [0, 0.05) is 14.6 Å². The van der Waals surface area contributed by atoms with Crippen molar-refractivity contribution in [3.05, 3.63) is 34.4 Å². The average molecular weight is 249 g/mol. The Morgan fingerprint density at radius 2 is 1.65 bits per heavy atom. The first kappa shape index (κ1) is 14.5. The fourth-order valence-electron chi connectivity index (χ4n) is 2.36. The smallest absolute Gasteiger partial charge is 0.0487 e. The summed E-state index contributed by atoms with van der Waals surface area (Å²) in [6.07, 6.45) is 0. The lowest BCUT2D eigenvalue weighted by Crippen LogP contribution is -2.26. The largest absolute Gasteiger partial charge is 0.305 e. The molecular formula is C15H27NSi. The minimum atomic E-state index is -1.04. The van der Waals surface area contributed by atoms with Gasteiger partial charge in [0.2, 0.25) is 0 Å². The van der Waals surface area contributed by atoms with Crippen molar-refractivity contribution in [3.63, 3.8) is 0 Å². The molecule has 1 aromatic rings. The molecule has 1 aromatic carbocycles. The van der Waals surface area contributed by atoms with E-state index in [2.05, 4.69) is 64.6 Å². The van der Waals surface area contributed by atoms with Crippen LogP contribution >= 0.6 is 0 Å². The molecule has 0 aliphatic rings. The van der Waals surface area contributed by atoms with Crippen molar-refractivity contribution in [2.45, 2.75) is 46.1 Å². The van der Waals surface area contributed by atoms with Crippen LogP contribution in [0.15, 0.2) is 12.1 Å². The summed E-state index contributed by atoms with van der Waals surface area (Å²) in [5, 5.41) is 0. The first-order valence-electron chi connectivity index (χ1n) is 6.43. The molecule has 0 radical (unpaired) electrons. The van der Waals surface area contributed by atoms with Crippen LogP contribution in [0, 0.1) is 13.8 Å². The van der Waals surface area contributed by atoms with Crippen molar-refractivity contribution in [2.75, 3.05) is 14.1 Å². The van der Waals surface area contributed by atoms with Crippen molar-refractivity contribution >= 4 is 8.07 Å². The molecule has 0 atom stereocenters. The molecule has 0 spiro atoms. The number of aryl methyl sites for hydroxylation is 2. The van der Waals surface area contributed by atoms with Gasteiger partial charge in [0.05, 0.1) is 0 Å². The van der Waals surface area contributed by atoms with Crippen molar-refractivity contribution in [1.82, 2.24) is 4.90 Å². The van der Waals surface area contributed by atoms with E-state index in [9.17, 15) is 0 Å². The number of benzene rings is 1. The lowest BCUT2D eigenvalue weighted by Gasteiger charge is -2.22. The minimum Gasteiger partial charge on any atom is -0.305 e. The van der Waals surface area contributed by atoms with E-state index in [-0.39, 0.29) is 0 Å². The molecular weight excluding hydrogens is 222 g/mol. The van der Waals surface area contributed by atoms with Crippen LogP contribution in [0.4, 0.5) is 0 Å². The van der Waals surface area contributed by atoms with Gasteiger partial charge in [-0.2, -0.15) is 0 Å². The highest BCUT2D eigenvalue weighted by Gasteiger charge is 2.17. The standard InChI is InChI=1S/C15H27NSi/c1-12-8-13(2)15(10-16(3)4)14(9-12)11-17(5,6)7/h8-9H,10-11H2,1-7H3. The Morgan fingerprint density at radius 3 is 2.12 bits per heavy atom. The Bertz CT molecular complexity index is 389. The number of hydrogen-bond donors (Lipinski definition) is 0. The minimum absolute atomic E-state index is 1.04. The van der Waals surface area contributed by atoms with Crippen LogP contribution in [0.3, 0.4) is 0 Å². The highest BCUT2D eigenvalue weighted by atomic mass is 28.3. The molecule has 17 heavy (non-hydrogen) atoms. The average Bonchev–Trinajstić information content (AvgIpc) is 2.07. The van der Waals surface area contributed by atoms with E-state index in [1.807, 2.05) is 0 Å². The maximum absolute atomic E-state index is 2.45. The van der Waals surface area contributed by atoms with Gasteiger partial charge in [0.1, 0.15) is 0 Å². The molecule has 1 nitrogen and oxygen atoms in total. The number of hydrogen-bond acceptors (Lipinski definition) is 1. The summed E-state index contributed by atoms with van der Waals surface area (Å²) < 4.78 is 0. The summed E-state index contributed by atoms with van der Waals surface area (Å²) in [7, 11) is 3.26. The molecule has 0 heterocycles. The van der Waals surface area contributed by atoms with Gasteiger partial charge in [0.15, 0.2) is 0 Å². The van der Waals surface area contributed by atoms with Crippen molar-refractivity contribution in [1.29, 1.82) is 0 Å². The molecule has 1 rings (SSSR count). The molecule has 0 amide bonds. The Hall–Kier alpha value is -0.603. The van der Waals surface area contributed by atoms with Crippen LogP contribution in [-0.4, -0.2) is 27.1 Å². The van der Waals surface area contributed by atoms with Gasteiger partial charge in [-0.1, -0.05) is 37.3 Å². The predicted molar refractivity (Wildman–Crippen MR) is 80.4 cm³/mol. The molecule has 0 aliphatic heterocycles. The van der Waals surface area contributed by atoms with Crippen LogP contribution < -0.4 is 0 Å². The summed E-state index contributed by atoms with van der Waals surface area (Å²) in [6.45, 7) is 12.9. The first-order chi connectivity index (χ1) is 7.69. The van der Waals surface area contributed by atoms with Crippen molar-refractivity contribution in [2.24, 2.45) is 0 Å². The van der Waals surface area contributed by atoms with Crippen molar-refractivity contribution < 1.29 is 0 Å². The third-order valence-corrected chi connectivity index (χ3v) is 4.35. The molecule has 2 heteroatoms. The Labute approximate surface area is 108 Å². The number of nitrogens with zero attached hydrogens (tertiary/aromatic N) is 1. The van der Waals surface area contributed by atoms with Gasteiger partial charge in [-0.3, -0.25) is 0 Å². The van der Waals surface area contributed by atoms with Gasteiger partial charge in [-0.25, -0.2) is 0 Å². The molecule has 0 aliphatic carbocycles.